The van der Waals surface area contributed by atoms with E-state index >= 15 is 0 Å². The first-order chi connectivity index (χ1) is 8.68. The van der Waals surface area contributed by atoms with E-state index in [1.54, 1.807) is 19.2 Å². The Balaban J connectivity index is 2.03. The summed E-state index contributed by atoms with van der Waals surface area (Å²) in [6.45, 7) is 3.73. The molecule has 4 nitrogen and oxygen atoms in total. The maximum atomic E-state index is 11.7. The fourth-order valence-corrected chi connectivity index (χ4v) is 1.57. The Morgan fingerprint density at radius 2 is 2.06 bits per heavy atom. The summed E-state index contributed by atoms with van der Waals surface area (Å²) >= 11 is 0. The maximum Gasteiger partial charge on any atom is 0.274 e. The largest absolute Gasteiger partial charge is 0.469 e. The van der Waals surface area contributed by atoms with E-state index in [4.69, 9.17) is 4.42 Å². The van der Waals surface area contributed by atoms with E-state index in [2.05, 4.69) is 10.5 Å². The van der Waals surface area contributed by atoms with Crippen molar-refractivity contribution in [1.82, 2.24) is 5.43 Å². The van der Waals surface area contributed by atoms with Crippen LogP contribution in [0.3, 0.4) is 0 Å². The molecule has 18 heavy (non-hydrogen) atoms. The molecule has 0 unspecified atom stereocenters. The van der Waals surface area contributed by atoms with E-state index < -0.39 is 0 Å². The van der Waals surface area contributed by atoms with Crippen LogP contribution in [0.2, 0.25) is 0 Å². The van der Waals surface area contributed by atoms with Crippen LogP contribution in [0.15, 0.2) is 46.1 Å². The number of rotatable bonds is 3. The van der Waals surface area contributed by atoms with Gasteiger partial charge in [0.2, 0.25) is 0 Å². The number of amides is 1. The SMILES string of the molecule is Cc1ccccc1/C=N/NC(=O)c1ccoc1C. The molecule has 0 aliphatic heterocycles. The summed E-state index contributed by atoms with van der Waals surface area (Å²) in [7, 11) is 0. The minimum Gasteiger partial charge on any atom is -0.469 e. The van der Waals surface area contributed by atoms with Crippen LogP contribution in [-0.4, -0.2) is 12.1 Å². The Kier molecular flexibility index (Phi) is 3.57. The average Bonchev–Trinajstić information content (AvgIpc) is 2.78. The molecule has 0 aliphatic carbocycles. The molecule has 0 bridgehead atoms. The zero-order chi connectivity index (χ0) is 13.0. The maximum absolute atomic E-state index is 11.7. The second-order valence-corrected chi connectivity index (χ2v) is 3.95. The number of benzene rings is 1. The van der Waals surface area contributed by atoms with Crippen LogP contribution in [-0.2, 0) is 0 Å². The number of nitrogens with zero attached hydrogens (tertiary/aromatic N) is 1. The third-order valence-electron chi connectivity index (χ3n) is 2.66. The van der Waals surface area contributed by atoms with E-state index in [1.165, 1.54) is 6.26 Å². The van der Waals surface area contributed by atoms with Crippen LogP contribution in [0.4, 0.5) is 0 Å². The summed E-state index contributed by atoms with van der Waals surface area (Å²) < 4.78 is 5.06. The summed E-state index contributed by atoms with van der Waals surface area (Å²) in [5, 5.41) is 3.93. The zero-order valence-electron chi connectivity index (χ0n) is 10.3. The van der Waals surface area contributed by atoms with Gasteiger partial charge in [0.05, 0.1) is 18.0 Å². The van der Waals surface area contributed by atoms with Crippen molar-refractivity contribution in [3.8, 4) is 0 Å². The number of carbonyl (C=O) groups excluding carboxylic acids is 1. The summed E-state index contributed by atoms with van der Waals surface area (Å²) in [5.41, 5.74) is 5.05. The van der Waals surface area contributed by atoms with Crippen molar-refractivity contribution in [1.29, 1.82) is 0 Å². The number of aryl methyl sites for hydroxylation is 2. The van der Waals surface area contributed by atoms with Gasteiger partial charge in [-0.2, -0.15) is 5.10 Å². The van der Waals surface area contributed by atoms with E-state index in [-0.39, 0.29) is 5.91 Å². The zero-order valence-corrected chi connectivity index (χ0v) is 10.3. The second kappa shape index (κ2) is 5.31. The van der Waals surface area contributed by atoms with Gasteiger partial charge in [0, 0.05) is 0 Å². The van der Waals surface area contributed by atoms with Crippen molar-refractivity contribution >= 4 is 12.1 Å². The Hall–Kier alpha value is -2.36. The molecule has 92 valence electrons. The third-order valence-corrected chi connectivity index (χ3v) is 2.66. The summed E-state index contributed by atoms with van der Waals surface area (Å²) in [6, 6.07) is 9.43. The minimum absolute atomic E-state index is 0.272. The number of hydrazone groups is 1. The highest BCUT2D eigenvalue weighted by Crippen LogP contribution is 2.08. The molecule has 1 amide bonds. The standard InChI is InChI=1S/C14H14N2O2/c1-10-5-3-4-6-12(10)9-15-16-14(17)13-7-8-18-11(13)2/h3-9H,1-2H3,(H,16,17)/b15-9+. The van der Waals surface area contributed by atoms with Gasteiger partial charge in [0.15, 0.2) is 0 Å². The van der Waals surface area contributed by atoms with Crippen molar-refractivity contribution in [3.05, 3.63) is 59.0 Å². The van der Waals surface area contributed by atoms with Gasteiger partial charge in [0.25, 0.3) is 5.91 Å². The Morgan fingerprint density at radius 3 is 2.72 bits per heavy atom. The van der Waals surface area contributed by atoms with Gasteiger partial charge >= 0.3 is 0 Å². The molecule has 0 atom stereocenters. The topological polar surface area (TPSA) is 54.6 Å². The lowest BCUT2D eigenvalue weighted by atomic mass is 10.1. The molecule has 0 saturated carbocycles. The van der Waals surface area contributed by atoms with Crippen molar-refractivity contribution in [2.45, 2.75) is 13.8 Å². The molecule has 1 aromatic carbocycles. The molecule has 2 rings (SSSR count). The van der Waals surface area contributed by atoms with Gasteiger partial charge in [-0.05, 0) is 31.0 Å². The molecule has 0 fully saturated rings. The van der Waals surface area contributed by atoms with Crippen molar-refractivity contribution in [2.24, 2.45) is 5.10 Å². The molecule has 0 saturated heterocycles. The van der Waals surface area contributed by atoms with E-state index in [9.17, 15) is 4.79 Å². The first-order valence-corrected chi connectivity index (χ1v) is 5.61. The smallest absolute Gasteiger partial charge is 0.274 e. The molecule has 0 spiro atoms. The highest BCUT2D eigenvalue weighted by atomic mass is 16.3. The van der Waals surface area contributed by atoms with Gasteiger partial charge < -0.3 is 4.42 Å². The van der Waals surface area contributed by atoms with Crippen LogP contribution in [0, 0.1) is 13.8 Å². The van der Waals surface area contributed by atoms with Gasteiger partial charge in [0.1, 0.15) is 5.76 Å². The molecule has 1 aromatic heterocycles. The Bertz CT molecular complexity index is 585. The summed E-state index contributed by atoms with van der Waals surface area (Å²) in [6.07, 6.45) is 3.11. The lowest BCUT2D eigenvalue weighted by Gasteiger charge is -1.99. The van der Waals surface area contributed by atoms with E-state index in [1.807, 2.05) is 31.2 Å². The summed E-state index contributed by atoms with van der Waals surface area (Å²) in [4.78, 5) is 11.7. The van der Waals surface area contributed by atoms with Crippen LogP contribution >= 0.6 is 0 Å². The van der Waals surface area contributed by atoms with Crippen molar-refractivity contribution in [2.75, 3.05) is 0 Å². The molecule has 2 aromatic rings. The second-order valence-electron chi connectivity index (χ2n) is 3.95. The number of carbonyl (C=O) groups is 1. The predicted octanol–water partition coefficient (Wildman–Crippen LogP) is 2.66. The fraction of sp³-hybridized carbons (Fsp3) is 0.143. The monoisotopic (exact) mass is 242 g/mol. The van der Waals surface area contributed by atoms with Gasteiger partial charge in [-0.1, -0.05) is 24.3 Å². The van der Waals surface area contributed by atoms with Gasteiger partial charge in [-0.15, -0.1) is 0 Å². The molecule has 0 radical (unpaired) electrons. The number of hydrogen-bond donors (Lipinski definition) is 1. The molecule has 4 heteroatoms. The fourth-order valence-electron chi connectivity index (χ4n) is 1.57. The highest BCUT2D eigenvalue weighted by molar-refractivity contribution is 5.95. The Labute approximate surface area is 105 Å². The average molecular weight is 242 g/mol. The van der Waals surface area contributed by atoms with Crippen molar-refractivity contribution in [3.63, 3.8) is 0 Å². The lowest BCUT2D eigenvalue weighted by Crippen LogP contribution is -2.17. The Morgan fingerprint density at radius 1 is 1.28 bits per heavy atom. The first kappa shape index (κ1) is 12.1. The van der Waals surface area contributed by atoms with Gasteiger partial charge in [-0.3, -0.25) is 4.79 Å². The van der Waals surface area contributed by atoms with E-state index in [0.29, 0.717) is 11.3 Å². The quantitative estimate of drug-likeness (QED) is 0.664. The number of hydrogen-bond acceptors (Lipinski definition) is 3. The normalized spacial score (nSPS) is 10.8. The molecule has 1 heterocycles. The number of nitrogens with one attached hydrogen (secondary N) is 1. The third kappa shape index (κ3) is 2.66. The molecule has 0 aliphatic rings. The molecular formula is C14H14N2O2. The van der Waals surface area contributed by atoms with Crippen LogP contribution in [0.1, 0.15) is 27.2 Å². The predicted molar refractivity (Wildman–Crippen MR) is 69.7 cm³/mol. The van der Waals surface area contributed by atoms with Crippen molar-refractivity contribution < 1.29 is 9.21 Å². The van der Waals surface area contributed by atoms with Gasteiger partial charge in [-0.25, -0.2) is 5.43 Å². The van der Waals surface area contributed by atoms with Crippen LogP contribution < -0.4 is 5.43 Å². The highest BCUT2D eigenvalue weighted by Gasteiger charge is 2.09. The minimum atomic E-state index is -0.272. The van der Waals surface area contributed by atoms with Crippen LogP contribution in [0.5, 0.6) is 0 Å². The molecule has 1 N–H and O–H groups in total. The number of furan rings is 1. The lowest BCUT2D eigenvalue weighted by molar-refractivity contribution is 0.0953. The van der Waals surface area contributed by atoms with Crippen LogP contribution in [0.25, 0.3) is 0 Å². The first-order valence-electron chi connectivity index (χ1n) is 5.61. The van der Waals surface area contributed by atoms with E-state index in [0.717, 1.165) is 11.1 Å². The summed E-state index contributed by atoms with van der Waals surface area (Å²) in [5.74, 6) is 0.310. The molecular weight excluding hydrogens is 228 g/mol.